The molecule has 0 aliphatic carbocycles. The zero-order chi connectivity index (χ0) is 10.7. The van der Waals surface area contributed by atoms with E-state index in [4.69, 9.17) is 0 Å². The summed E-state index contributed by atoms with van der Waals surface area (Å²) in [5, 5.41) is 4.96. The Bertz CT molecular complexity index is 426. The summed E-state index contributed by atoms with van der Waals surface area (Å²) in [5.41, 5.74) is 1.02. The van der Waals surface area contributed by atoms with Gasteiger partial charge in [0.2, 0.25) is 5.91 Å². The summed E-state index contributed by atoms with van der Waals surface area (Å²) in [7, 11) is 0. The van der Waals surface area contributed by atoms with Crippen molar-refractivity contribution in [3.05, 3.63) is 35.8 Å². The average Bonchev–Trinajstić information content (AvgIpc) is 2.25. The third-order valence-electron chi connectivity index (χ3n) is 1.92. The van der Waals surface area contributed by atoms with Gasteiger partial charge < -0.3 is 10.6 Å². The molecule has 2 heterocycles. The van der Waals surface area contributed by atoms with Gasteiger partial charge in [0.15, 0.2) is 0 Å². The third-order valence-corrected chi connectivity index (χ3v) is 1.92. The van der Waals surface area contributed by atoms with Gasteiger partial charge in [0.1, 0.15) is 5.70 Å². The lowest BCUT2D eigenvalue weighted by atomic mass is 10.2. The molecule has 0 spiro atoms. The molecule has 1 aliphatic rings. The van der Waals surface area contributed by atoms with E-state index in [0.29, 0.717) is 0 Å². The van der Waals surface area contributed by atoms with Gasteiger partial charge in [0.05, 0.1) is 6.54 Å². The normalized spacial score (nSPS) is 18.5. The highest BCUT2D eigenvalue weighted by Crippen LogP contribution is 2.04. The number of carbonyl (C=O) groups is 2. The molecule has 5 heteroatoms. The summed E-state index contributed by atoms with van der Waals surface area (Å²) in [6, 6.07) is 3.56. The summed E-state index contributed by atoms with van der Waals surface area (Å²) in [5.74, 6) is -0.497. The largest absolute Gasteiger partial charge is 0.342 e. The SMILES string of the molecule is O=C1CNC(=O)C(=Cc2cccnc2)N1. The minimum atomic E-state index is -0.279. The van der Waals surface area contributed by atoms with E-state index in [1.165, 1.54) is 0 Å². The predicted octanol–water partition coefficient (Wildman–Crippen LogP) is -0.331. The Balaban J connectivity index is 2.25. The molecule has 0 radical (unpaired) electrons. The van der Waals surface area contributed by atoms with Gasteiger partial charge in [-0.15, -0.1) is 0 Å². The lowest BCUT2D eigenvalue weighted by Crippen LogP contribution is -2.46. The van der Waals surface area contributed by atoms with E-state index in [9.17, 15) is 9.59 Å². The number of aromatic nitrogens is 1. The molecule has 0 unspecified atom stereocenters. The van der Waals surface area contributed by atoms with E-state index in [-0.39, 0.29) is 24.1 Å². The van der Waals surface area contributed by atoms with Crippen molar-refractivity contribution >= 4 is 17.9 Å². The van der Waals surface area contributed by atoms with Crippen LogP contribution in [0.15, 0.2) is 30.2 Å². The third kappa shape index (κ3) is 2.19. The van der Waals surface area contributed by atoms with Crippen LogP contribution in [0.25, 0.3) is 6.08 Å². The van der Waals surface area contributed by atoms with Gasteiger partial charge in [-0.1, -0.05) is 6.07 Å². The minimum Gasteiger partial charge on any atom is -0.342 e. The van der Waals surface area contributed by atoms with E-state index in [1.54, 1.807) is 30.6 Å². The van der Waals surface area contributed by atoms with Crippen molar-refractivity contribution < 1.29 is 9.59 Å². The second-order valence-electron chi connectivity index (χ2n) is 3.08. The number of nitrogens with one attached hydrogen (secondary N) is 2. The van der Waals surface area contributed by atoms with E-state index in [0.717, 1.165) is 5.56 Å². The van der Waals surface area contributed by atoms with Crippen molar-refractivity contribution in [3.8, 4) is 0 Å². The maximum Gasteiger partial charge on any atom is 0.268 e. The maximum absolute atomic E-state index is 11.3. The molecular weight excluding hydrogens is 194 g/mol. The van der Waals surface area contributed by atoms with Crippen LogP contribution >= 0.6 is 0 Å². The Morgan fingerprint density at radius 3 is 3.00 bits per heavy atom. The molecule has 1 fully saturated rings. The fourth-order valence-electron chi connectivity index (χ4n) is 1.24. The highest BCUT2D eigenvalue weighted by molar-refractivity contribution is 6.05. The molecule has 15 heavy (non-hydrogen) atoms. The molecule has 76 valence electrons. The number of nitrogens with zero attached hydrogens (tertiary/aromatic N) is 1. The zero-order valence-electron chi connectivity index (χ0n) is 7.86. The number of hydrogen-bond acceptors (Lipinski definition) is 3. The van der Waals surface area contributed by atoms with Crippen molar-refractivity contribution in [2.75, 3.05) is 6.54 Å². The smallest absolute Gasteiger partial charge is 0.268 e. The fourth-order valence-corrected chi connectivity index (χ4v) is 1.24. The Labute approximate surface area is 86.2 Å². The molecule has 1 saturated heterocycles. The van der Waals surface area contributed by atoms with Gasteiger partial charge in [-0.05, 0) is 17.7 Å². The van der Waals surface area contributed by atoms with Gasteiger partial charge in [-0.25, -0.2) is 0 Å². The lowest BCUT2D eigenvalue weighted by molar-refractivity contribution is -0.127. The van der Waals surface area contributed by atoms with Crippen LogP contribution < -0.4 is 10.6 Å². The van der Waals surface area contributed by atoms with Crippen molar-refractivity contribution in [1.82, 2.24) is 15.6 Å². The Morgan fingerprint density at radius 1 is 1.40 bits per heavy atom. The van der Waals surface area contributed by atoms with E-state index in [2.05, 4.69) is 15.6 Å². The Morgan fingerprint density at radius 2 is 2.27 bits per heavy atom. The first-order valence-electron chi connectivity index (χ1n) is 4.45. The van der Waals surface area contributed by atoms with Crippen molar-refractivity contribution in [2.24, 2.45) is 0 Å². The Hall–Kier alpha value is -2.17. The van der Waals surface area contributed by atoms with Crippen LogP contribution in [-0.4, -0.2) is 23.3 Å². The molecule has 5 nitrogen and oxygen atoms in total. The Kier molecular flexibility index (Phi) is 2.45. The first-order chi connectivity index (χ1) is 7.25. The number of pyridine rings is 1. The number of amides is 2. The molecule has 0 aromatic carbocycles. The highest BCUT2D eigenvalue weighted by atomic mass is 16.2. The van der Waals surface area contributed by atoms with Gasteiger partial charge in [-0.2, -0.15) is 0 Å². The molecule has 2 amide bonds. The predicted molar refractivity (Wildman–Crippen MR) is 53.4 cm³/mol. The van der Waals surface area contributed by atoms with Gasteiger partial charge >= 0.3 is 0 Å². The second-order valence-corrected chi connectivity index (χ2v) is 3.08. The molecule has 0 atom stereocenters. The quantitative estimate of drug-likeness (QED) is 0.614. The minimum absolute atomic E-state index is 0.0310. The first-order valence-corrected chi connectivity index (χ1v) is 4.45. The lowest BCUT2D eigenvalue weighted by Gasteiger charge is -2.15. The molecule has 1 aromatic heterocycles. The number of rotatable bonds is 1. The molecule has 1 aliphatic heterocycles. The molecule has 2 N–H and O–H groups in total. The van der Waals surface area contributed by atoms with Crippen LogP contribution in [0.3, 0.4) is 0 Å². The van der Waals surface area contributed by atoms with Crippen LogP contribution in [0, 0.1) is 0 Å². The summed E-state index contributed by atoms with van der Waals surface area (Å²) < 4.78 is 0. The van der Waals surface area contributed by atoms with E-state index in [1.807, 2.05) is 0 Å². The summed E-state index contributed by atoms with van der Waals surface area (Å²) in [6.45, 7) is 0.0310. The topological polar surface area (TPSA) is 71.1 Å². The monoisotopic (exact) mass is 203 g/mol. The van der Waals surface area contributed by atoms with Crippen molar-refractivity contribution in [1.29, 1.82) is 0 Å². The number of hydrogen-bond donors (Lipinski definition) is 2. The molecule has 2 rings (SSSR count). The standard InChI is InChI=1S/C10H9N3O2/c14-9-6-12-10(15)8(13-9)4-7-2-1-3-11-5-7/h1-5H,6H2,(H,12,15)(H,13,14). The summed E-state index contributed by atoms with van der Waals surface area (Å²) >= 11 is 0. The van der Waals surface area contributed by atoms with Crippen LogP contribution in [0.5, 0.6) is 0 Å². The van der Waals surface area contributed by atoms with Gasteiger partial charge in [-0.3, -0.25) is 14.6 Å². The second kappa shape index (κ2) is 3.91. The fraction of sp³-hybridized carbons (Fsp3) is 0.100. The van der Waals surface area contributed by atoms with E-state index >= 15 is 0 Å². The van der Waals surface area contributed by atoms with Crippen molar-refractivity contribution in [3.63, 3.8) is 0 Å². The van der Waals surface area contributed by atoms with E-state index < -0.39 is 0 Å². The van der Waals surface area contributed by atoms with Crippen LogP contribution in [-0.2, 0) is 9.59 Å². The summed E-state index contributed by atoms with van der Waals surface area (Å²) in [6.07, 6.45) is 4.84. The average molecular weight is 203 g/mol. The zero-order valence-corrected chi connectivity index (χ0v) is 7.86. The number of carbonyl (C=O) groups excluding carboxylic acids is 2. The van der Waals surface area contributed by atoms with Gasteiger partial charge in [0, 0.05) is 12.4 Å². The molecule has 1 aromatic rings. The van der Waals surface area contributed by atoms with Crippen LogP contribution in [0.1, 0.15) is 5.56 Å². The van der Waals surface area contributed by atoms with Crippen LogP contribution in [0.4, 0.5) is 0 Å². The number of piperazine rings is 1. The van der Waals surface area contributed by atoms with Crippen molar-refractivity contribution in [2.45, 2.75) is 0 Å². The van der Waals surface area contributed by atoms with Gasteiger partial charge in [0.25, 0.3) is 5.91 Å². The molecule has 0 saturated carbocycles. The molecular formula is C10H9N3O2. The molecule has 0 bridgehead atoms. The first kappa shape index (κ1) is 9.39. The highest BCUT2D eigenvalue weighted by Gasteiger charge is 2.18. The summed E-state index contributed by atoms with van der Waals surface area (Å²) in [4.78, 5) is 26.3. The maximum atomic E-state index is 11.3. The van der Waals surface area contributed by atoms with Crippen LogP contribution in [0.2, 0.25) is 0 Å².